The number of benzene rings is 3. The standard InChI is InChI=1S/C32H34N2O4.2ClHO4/c1-19-13-23-15-29(35-5)31(37-7)17-27(23)21(3)33(19)25-9-11-26(12-10-25)34-20(2)14-24-16-30(36-6)32(38-8)18-28(24)22(34)4;2*2-1(3,4)5/h9-18H,1-8H3;2*(H,2,3,4,5)/q+2;;/p-2. The number of nitrogens with zero attached hydrogens (tertiary/aromatic N) is 2. The fourth-order valence-electron chi connectivity index (χ4n) is 5.55. The monoisotopic (exact) mass is 708 g/mol. The van der Waals surface area contributed by atoms with Gasteiger partial charge in [-0.1, -0.05) is 0 Å². The van der Waals surface area contributed by atoms with Crippen molar-refractivity contribution >= 4 is 21.5 Å². The molecule has 2 aromatic heterocycles. The van der Waals surface area contributed by atoms with Crippen LogP contribution in [0.2, 0.25) is 0 Å². The number of pyridine rings is 2. The number of halogens is 2. The largest absolute Gasteiger partial charge is 0.493 e. The quantitative estimate of drug-likeness (QED) is 0.155. The lowest BCUT2D eigenvalue weighted by Crippen LogP contribution is -2.68. The van der Waals surface area contributed by atoms with Crippen molar-refractivity contribution in [1.82, 2.24) is 0 Å². The van der Waals surface area contributed by atoms with Gasteiger partial charge in [0, 0.05) is 64.1 Å². The van der Waals surface area contributed by atoms with E-state index in [0.29, 0.717) is 0 Å². The Morgan fingerprint density at radius 3 is 0.938 bits per heavy atom. The Hall–Kier alpha value is -4.06. The number of rotatable bonds is 6. The van der Waals surface area contributed by atoms with Crippen LogP contribution in [0.3, 0.4) is 0 Å². The molecule has 5 rings (SSSR count). The number of fused-ring (bicyclic) bond motifs is 2. The van der Waals surface area contributed by atoms with Crippen molar-refractivity contribution in [2.45, 2.75) is 27.7 Å². The van der Waals surface area contributed by atoms with Gasteiger partial charge in [-0.15, -0.1) is 20.5 Å². The van der Waals surface area contributed by atoms with Crippen LogP contribution in [0.4, 0.5) is 0 Å². The Kier molecular flexibility index (Phi) is 12.3. The van der Waals surface area contributed by atoms with E-state index in [0.717, 1.165) is 78.7 Å². The Bertz CT molecular complexity index is 1760. The summed E-state index contributed by atoms with van der Waals surface area (Å²) in [5.41, 5.74) is 6.76. The summed E-state index contributed by atoms with van der Waals surface area (Å²) in [5.74, 6) is 2.91. The minimum absolute atomic E-state index is 0.724. The molecule has 0 atom stereocenters. The molecule has 0 unspecified atom stereocenters. The predicted octanol–water partition coefficient (Wildman–Crippen LogP) is -3.70. The molecule has 258 valence electrons. The summed E-state index contributed by atoms with van der Waals surface area (Å²) in [6, 6.07) is 21.2. The zero-order valence-corrected chi connectivity index (χ0v) is 28.8. The normalized spacial score (nSPS) is 11.3. The summed E-state index contributed by atoms with van der Waals surface area (Å²) in [4.78, 5) is 0. The van der Waals surface area contributed by atoms with Crippen LogP contribution in [-0.4, -0.2) is 28.4 Å². The van der Waals surface area contributed by atoms with Gasteiger partial charge in [0.2, 0.25) is 11.4 Å². The molecule has 14 nitrogen and oxygen atoms in total. The van der Waals surface area contributed by atoms with Gasteiger partial charge in [0.15, 0.2) is 45.8 Å². The third-order valence-corrected chi connectivity index (χ3v) is 7.36. The summed E-state index contributed by atoms with van der Waals surface area (Å²) in [6.45, 7) is 8.54. The van der Waals surface area contributed by atoms with Crippen molar-refractivity contribution < 1.29 is 85.8 Å². The van der Waals surface area contributed by atoms with E-state index in [9.17, 15) is 0 Å². The van der Waals surface area contributed by atoms with Gasteiger partial charge in [0.05, 0.1) is 39.2 Å². The summed E-state index contributed by atoms with van der Waals surface area (Å²) >= 11 is 0. The van der Waals surface area contributed by atoms with E-state index in [1.807, 2.05) is 12.1 Å². The highest BCUT2D eigenvalue weighted by molar-refractivity contribution is 5.88. The topological polar surface area (TPSA) is 229 Å². The molecule has 0 bridgehead atoms. The maximum Gasteiger partial charge on any atom is 0.211 e. The molecule has 0 aliphatic heterocycles. The highest BCUT2D eigenvalue weighted by atomic mass is 35.7. The van der Waals surface area contributed by atoms with Crippen LogP contribution < -0.4 is 65.4 Å². The molecule has 5 aromatic rings. The first-order valence-electron chi connectivity index (χ1n) is 13.8. The predicted molar refractivity (Wildman–Crippen MR) is 150 cm³/mol. The van der Waals surface area contributed by atoms with Crippen LogP contribution in [-0.2, 0) is 0 Å². The second-order valence-electron chi connectivity index (χ2n) is 10.3. The third kappa shape index (κ3) is 9.52. The molecule has 0 aliphatic rings. The number of hydrogen-bond donors (Lipinski definition) is 0. The minimum Gasteiger partial charge on any atom is -0.493 e. The highest BCUT2D eigenvalue weighted by Crippen LogP contribution is 2.34. The molecule has 16 heteroatoms. The molecular weight excluding hydrogens is 675 g/mol. The minimum atomic E-state index is -4.94. The number of hydrogen-bond acceptors (Lipinski definition) is 12. The van der Waals surface area contributed by atoms with E-state index in [-0.39, 0.29) is 0 Å². The van der Waals surface area contributed by atoms with Crippen molar-refractivity contribution in [3.63, 3.8) is 0 Å². The maximum absolute atomic E-state index is 8.49. The van der Waals surface area contributed by atoms with Crippen molar-refractivity contribution in [1.29, 1.82) is 0 Å². The van der Waals surface area contributed by atoms with Crippen LogP contribution in [0.1, 0.15) is 22.8 Å². The highest BCUT2D eigenvalue weighted by Gasteiger charge is 2.23. The molecule has 0 amide bonds. The molecule has 2 heterocycles. The lowest BCUT2D eigenvalue weighted by molar-refractivity contribution is -2.00. The number of aromatic nitrogens is 2. The molecule has 0 saturated carbocycles. The van der Waals surface area contributed by atoms with Crippen molar-refractivity contribution in [2.24, 2.45) is 0 Å². The zero-order valence-electron chi connectivity index (χ0n) is 27.3. The first kappa shape index (κ1) is 38.4. The number of methoxy groups -OCH3 is 4. The zero-order chi connectivity index (χ0) is 36.1. The van der Waals surface area contributed by atoms with Gasteiger partial charge in [-0.25, -0.2) is 37.3 Å². The van der Waals surface area contributed by atoms with E-state index in [2.05, 4.69) is 85.4 Å². The van der Waals surface area contributed by atoms with Crippen molar-refractivity contribution in [3.8, 4) is 34.4 Å². The fraction of sp³-hybridized carbons (Fsp3) is 0.250. The van der Waals surface area contributed by atoms with E-state index in [1.165, 1.54) is 0 Å². The second-order valence-corrected chi connectivity index (χ2v) is 11.8. The van der Waals surface area contributed by atoms with Crippen LogP contribution in [0.25, 0.3) is 32.9 Å². The van der Waals surface area contributed by atoms with E-state index in [4.69, 9.17) is 56.2 Å². The Balaban J connectivity index is 0.000000548. The lowest BCUT2D eigenvalue weighted by atomic mass is 10.1. The summed E-state index contributed by atoms with van der Waals surface area (Å²) < 4.78 is 94.7. The average Bonchev–Trinajstić information content (AvgIpc) is 2.99. The summed E-state index contributed by atoms with van der Waals surface area (Å²) in [6.07, 6.45) is 0. The molecule has 0 saturated heterocycles. The van der Waals surface area contributed by atoms with E-state index >= 15 is 0 Å². The van der Waals surface area contributed by atoms with E-state index in [1.54, 1.807) is 28.4 Å². The molecule has 48 heavy (non-hydrogen) atoms. The molecule has 3 aromatic carbocycles. The van der Waals surface area contributed by atoms with Gasteiger partial charge in [-0.3, -0.25) is 0 Å². The molecule has 0 spiro atoms. The van der Waals surface area contributed by atoms with Gasteiger partial charge in [-0.2, -0.15) is 9.13 Å². The van der Waals surface area contributed by atoms with Gasteiger partial charge in [0.1, 0.15) is 0 Å². The van der Waals surface area contributed by atoms with Crippen LogP contribution in [0.15, 0.2) is 60.7 Å². The number of aryl methyl sites for hydroxylation is 4. The third-order valence-electron chi connectivity index (χ3n) is 7.36. The van der Waals surface area contributed by atoms with E-state index < -0.39 is 20.5 Å². The van der Waals surface area contributed by atoms with Crippen molar-refractivity contribution in [2.75, 3.05) is 28.4 Å². The summed E-state index contributed by atoms with van der Waals surface area (Å²) in [7, 11) is -3.22. The number of ether oxygens (including phenoxy) is 4. The van der Waals surface area contributed by atoms with Gasteiger partial charge < -0.3 is 18.9 Å². The second kappa shape index (κ2) is 15.4. The SMILES string of the molecule is COc1cc2cc(C)[n+](-c3ccc(-[n+]4c(C)cc5cc(OC)c(OC)cc5c4C)cc3)c(C)c2cc1OC.[O-][Cl+3]([O-])([O-])[O-].[O-][Cl+3]([O-])([O-])[O-]. The van der Waals surface area contributed by atoms with Crippen molar-refractivity contribution in [3.05, 3.63) is 83.4 Å². The van der Waals surface area contributed by atoms with Crippen LogP contribution >= 0.6 is 0 Å². The molecular formula is C32H34Cl2N2O12. The molecule has 0 radical (unpaired) electrons. The smallest absolute Gasteiger partial charge is 0.211 e. The maximum atomic E-state index is 8.49. The average molecular weight is 710 g/mol. The van der Waals surface area contributed by atoms with Gasteiger partial charge in [0.25, 0.3) is 0 Å². The molecule has 0 N–H and O–H groups in total. The van der Waals surface area contributed by atoms with Crippen LogP contribution in [0, 0.1) is 48.2 Å². The van der Waals surface area contributed by atoms with Gasteiger partial charge >= 0.3 is 0 Å². The molecule has 0 fully saturated rings. The first-order chi connectivity index (χ1) is 22.3. The van der Waals surface area contributed by atoms with Crippen LogP contribution in [0.5, 0.6) is 23.0 Å². The summed E-state index contributed by atoms with van der Waals surface area (Å²) in [5, 5.41) is 4.49. The Morgan fingerprint density at radius 1 is 0.438 bits per heavy atom. The Labute approximate surface area is 280 Å². The van der Waals surface area contributed by atoms with Gasteiger partial charge in [-0.05, 0) is 35.0 Å². The lowest BCUT2D eigenvalue weighted by Gasteiger charge is -2.17. The fourth-order valence-corrected chi connectivity index (χ4v) is 5.55. The first-order valence-corrected chi connectivity index (χ1v) is 16.3. The Morgan fingerprint density at radius 2 is 0.688 bits per heavy atom. The molecule has 0 aliphatic carbocycles.